The van der Waals surface area contributed by atoms with Crippen molar-refractivity contribution >= 4 is 11.8 Å². The number of aromatic nitrogens is 4. The highest BCUT2D eigenvalue weighted by Crippen LogP contribution is 2.41. The lowest BCUT2D eigenvalue weighted by Gasteiger charge is -2.28. The Kier molecular flexibility index (Phi) is 4.05. The molecule has 1 saturated carbocycles. The molecule has 2 aromatic rings. The van der Waals surface area contributed by atoms with E-state index in [9.17, 15) is 9.59 Å². The molecule has 2 aliphatic rings. The van der Waals surface area contributed by atoms with Gasteiger partial charge in [0, 0.05) is 37.9 Å². The van der Waals surface area contributed by atoms with Gasteiger partial charge in [-0.25, -0.2) is 4.98 Å². The van der Waals surface area contributed by atoms with Gasteiger partial charge < -0.3 is 14.8 Å². The molecule has 2 atom stereocenters. The molecule has 2 aromatic heterocycles. The monoisotopic (exact) mass is 356 g/mol. The van der Waals surface area contributed by atoms with Crippen LogP contribution in [0.15, 0.2) is 24.8 Å². The van der Waals surface area contributed by atoms with Gasteiger partial charge >= 0.3 is 0 Å². The van der Waals surface area contributed by atoms with E-state index in [1.54, 1.807) is 23.4 Å². The Morgan fingerprint density at radius 2 is 2.12 bits per heavy atom. The molecule has 0 aromatic carbocycles. The SMILES string of the molecule is CC(C)n1cnc(C(=O)N[C@@H]2CC(=O)N(C3CC3)[C@H]2c2ccnn2C)c1. The molecule has 1 aliphatic heterocycles. The highest BCUT2D eigenvalue weighted by atomic mass is 16.2. The topological polar surface area (TPSA) is 85.1 Å². The third-order valence-corrected chi connectivity index (χ3v) is 5.21. The molecule has 8 nitrogen and oxygen atoms in total. The summed E-state index contributed by atoms with van der Waals surface area (Å²) >= 11 is 0. The maximum absolute atomic E-state index is 12.7. The molecule has 8 heteroatoms. The molecule has 1 saturated heterocycles. The van der Waals surface area contributed by atoms with Crippen LogP contribution < -0.4 is 5.32 Å². The van der Waals surface area contributed by atoms with Crippen LogP contribution in [0.3, 0.4) is 0 Å². The van der Waals surface area contributed by atoms with Crippen molar-refractivity contribution in [3.05, 3.63) is 36.2 Å². The van der Waals surface area contributed by atoms with Gasteiger partial charge in [-0.2, -0.15) is 5.10 Å². The molecule has 1 N–H and O–H groups in total. The van der Waals surface area contributed by atoms with Crippen molar-refractivity contribution in [2.45, 2.75) is 57.3 Å². The molecule has 4 rings (SSSR count). The number of hydrogen-bond donors (Lipinski definition) is 1. The quantitative estimate of drug-likeness (QED) is 0.878. The summed E-state index contributed by atoms with van der Waals surface area (Å²) in [6.45, 7) is 4.07. The Balaban J connectivity index is 1.58. The van der Waals surface area contributed by atoms with Gasteiger partial charge in [0.05, 0.1) is 24.1 Å². The smallest absolute Gasteiger partial charge is 0.271 e. The van der Waals surface area contributed by atoms with Crippen molar-refractivity contribution in [3.63, 3.8) is 0 Å². The van der Waals surface area contributed by atoms with Gasteiger partial charge in [-0.15, -0.1) is 0 Å². The Labute approximate surface area is 152 Å². The lowest BCUT2D eigenvalue weighted by atomic mass is 10.1. The summed E-state index contributed by atoms with van der Waals surface area (Å²) in [5.74, 6) is -0.149. The summed E-state index contributed by atoms with van der Waals surface area (Å²) in [6.07, 6.45) is 7.50. The van der Waals surface area contributed by atoms with E-state index in [0.717, 1.165) is 18.5 Å². The van der Waals surface area contributed by atoms with Crippen molar-refractivity contribution in [1.82, 2.24) is 29.5 Å². The largest absolute Gasteiger partial charge is 0.345 e. The third kappa shape index (κ3) is 2.89. The highest BCUT2D eigenvalue weighted by molar-refractivity contribution is 5.93. The molecule has 0 unspecified atom stereocenters. The number of carbonyl (C=O) groups is 2. The van der Waals surface area contributed by atoms with Crippen LogP contribution in [0.4, 0.5) is 0 Å². The zero-order valence-electron chi connectivity index (χ0n) is 15.3. The van der Waals surface area contributed by atoms with Crippen molar-refractivity contribution in [1.29, 1.82) is 0 Å². The van der Waals surface area contributed by atoms with Crippen LogP contribution in [-0.2, 0) is 11.8 Å². The Morgan fingerprint density at radius 3 is 2.69 bits per heavy atom. The summed E-state index contributed by atoms with van der Waals surface area (Å²) in [5.41, 5.74) is 1.32. The number of likely N-dealkylation sites (tertiary alicyclic amines) is 1. The average Bonchev–Trinajstić information content (AvgIpc) is 3.01. The fraction of sp³-hybridized carbons (Fsp3) is 0.556. The number of carbonyl (C=O) groups excluding carboxylic acids is 2. The Hall–Kier alpha value is -2.64. The van der Waals surface area contributed by atoms with Gasteiger partial charge in [0.1, 0.15) is 5.69 Å². The van der Waals surface area contributed by atoms with Crippen LogP contribution in [0.5, 0.6) is 0 Å². The molecule has 26 heavy (non-hydrogen) atoms. The van der Waals surface area contributed by atoms with E-state index in [-0.39, 0.29) is 36.0 Å². The van der Waals surface area contributed by atoms with Crippen LogP contribution in [0.1, 0.15) is 61.4 Å². The van der Waals surface area contributed by atoms with Gasteiger partial charge in [0.2, 0.25) is 5.91 Å². The summed E-state index contributed by atoms with van der Waals surface area (Å²) in [4.78, 5) is 31.5. The first-order chi connectivity index (χ1) is 12.5. The van der Waals surface area contributed by atoms with Gasteiger partial charge in [0.15, 0.2) is 0 Å². The van der Waals surface area contributed by atoms with Gasteiger partial charge in [-0.3, -0.25) is 14.3 Å². The standard InChI is InChI=1S/C18H24N6O2/c1-11(2)23-9-14(19-10-23)18(26)21-13-8-16(25)24(12-4-5-12)17(13)15-6-7-20-22(15)3/h6-7,9-13,17H,4-5,8H2,1-3H3,(H,21,26)/t13-,17-/m1/s1. The molecule has 0 bridgehead atoms. The lowest BCUT2D eigenvalue weighted by molar-refractivity contribution is -0.129. The minimum absolute atomic E-state index is 0.0942. The Morgan fingerprint density at radius 1 is 1.35 bits per heavy atom. The molecule has 138 valence electrons. The third-order valence-electron chi connectivity index (χ3n) is 5.21. The van der Waals surface area contributed by atoms with E-state index in [1.807, 2.05) is 36.4 Å². The van der Waals surface area contributed by atoms with Crippen molar-refractivity contribution in [2.24, 2.45) is 7.05 Å². The van der Waals surface area contributed by atoms with Crippen molar-refractivity contribution in [2.75, 3.05) is 0 Å². The summed E-state index contributed by atoms with van der Waals surface area (Å²) in [6, 6.07) is 1.98. The molecular weight excluding hydrogens is 332 g/mol. The second-order valence-electron chi connectivity index (χ2n) is 7.44. The minimum Gasteiger partial charge on any atom is -0.345 e. The lowest BCUT2D eigenvalue weighted by Crippen LogP contribution is -2.41. The van der Waals surface area contributed by atoms with E-state index < -0.39 is 0 Å². The number of amides is 2. The summed E-state index contributed by atoms with van der Waals surface area (Å²) < 4.78 is 3.68. The summed E-state index contributed by atoms with van der Waals surface area (Å²) in [7, 11) is 1.87. The van der Waals surface area contributed by atoms with E-state index in [4.69, 9.17) is 0 Å². The maximum atomic E-state index is 12.7. The van der Waals surface area contributed by atoms with Crippen molar-refractivity contribution in [3.8, 4) is 0 Å². The zero-order valence-corrected chi connectivity index (χ0v) is 15.3. The number of rotatable bonds is 5. The number of hydrogen-bond acceptors (Lipinski definition) is 4. The second kappa shape index (κ2) is 6.26. The fourth-order valence-electron chi connectivity index (χ4n) is 3.67. The number of nitrogens with one attached hydrogen (secondary N) is 1. The van der Waals surface area contributed by atoms with Crippen LogP contribution in [0, 0.1) is 0 Å². The number of imidazole rings is 1. The van der Waals surface area contributed by atoms with Crippen LogP contribution in [-0.4, -0.2) is 48.1 Å². The second-order valence-corrected chi connectivity index (χ2v) is 7.44. The maximum Gasteiger partial charge on any atom is 0.271 e. The summed E-state index contributed by atoms with van der Waals surface area (Å²) in [5, 5.41) is 7.28. The number of nitrogens with zero attached hydrogens (tertiary/aromatic N) is 5. The Bertz CT molecular complexity index is 834. The molecule has 0 spiro atoms. The molecule has 3 heterocycles. The predicted molar refractivity (Wildman–Crippen MR) is 94.3 cm³/mol. The van der Waals surface area contributed by atoms with Gasteiger partial charge in [-0.05, 0) is 32.8 Å². The van der Waals surface area contributed by atoms with Crippen LogP contribution in [0.25, 0.3) is 0 Å². The molecule has 0 radical (unpaired) electrons. The molecule has 2 fully saturated rings. The van der Waals surface area contributed by atoms with E-state index in [2.05, 4.69) is 15.4 Å². The highest BCUT2D eigenvalue weighted by Gasteiger charge is 2.48. The van der Waals surface area contributed by atoms with Crippen LogP contribution >= 0.6 is 0 Å². The number of aryl methyl sites for hydroxylation is 1. The van der Waals surface area contributed by atoms with E-state index in [1.165, 1.54) is 0 Å². The first-order valence-corrected chi connectivity index (χ1v) is 9.09. The normalized spacial score (nSPS) is 23.1. The van der Waals surface area contributed by atoms with Crippen LogP contribution in [0.2, 0.25) is 0 Å². The zero-order chi connectivity index (χ0) is 18.4. The molecular formula is C18H24N6O2. The van der Waals surface area contributed by atoms with E-state index >= 15 is 0 Å². The van der Waals surface area contributed by atoms with Gasteiger partial charge in [-0.1, -0.05) is 0 Å². The fourth-order valence-corrected chi connectivity index (χ4v) is 3.67. The first kappa shape index (κ1) is 16.8. The first-order valence-electron chi connectivity index (χ1n) is 9.09. The molecule has 2 amide bonds. The van der Waals surface area contributed by atoms with E-state index in [0.29, 0.717) is 12.1 Å². The predicted octanol–water partition coefficient (Wildman–Crippen LogP) is 1.43. The van der Waals surface area contributed by atoms with Crippen molar-refractivity contribution < 1.29 is 9.59 Å². The molecule has 1 aliphatic carbocycles. The average molecular weight is 356 g/mol. The van der Waals surface area contributed by atoms with Gasteiger partial charge in [0.25, 0.3) is 5.91 Å². The minimum atomic E-state index is -0.282.